The number of morpholine rings is 1. The maximum atomic E-state index is 10.5. The molecule has 0 aromatic rings. The van der Waals surface area contributed by atoms with E-state index in [2.05, 4.69) is 24.0 Å². The van der Waals surface area contributed by atoms with Gasteiger partial charge in [-0.25, -0.2) is 0 Å². The van der Waals surface area contributed by atoms with Crippen LogP contribution in [-0.4, -0.2) is 73.4 Å². The number of fused-ring (bicyclic) bond motifs is 1. The highest BCUT2D eigenvalue weighted by Crippen LogP contribution is 2.50. The van der Waals surface area contributed by atoms with Crippen LogP contribution in [0.4, 0.5) is 0 Å². The quantitative estimate of drug-likeness (QED) is 0.407. The van der Waals surface area contributed by atoms with Gasteiger partial charge in [0.25, 0.3) is 0 Å². The van der Waals surface area contributed by atoms with Crippen molar-refractivity contribution in [2.75, 3.05) is 46.1 Å². The summed E-state index contributed by atoms with van der Waals surface area (Å²) in [5.74, 6) is 1.29. The van der Waals surface area contributed by atoms with Crippen molar-refractivity contribution in [3.63, 3.8) is 0 Å². The second-order valence-corrected chi connectivity index (χ2v) is 9.05. The van der Waals surface area contributed by atoms with Crippen LogP contribution in [0.1, 0.15) is 51.9 Å². The second kappa shape index (κ2) is 12.2. The minimum Gasteiger partial charge on any atom is -0.392 e. The molecule has 0 aromatic heterocycles. The summed E-state index contributed by atoms with van der Waals surface area (Å²) in [5.41, 5.74) is 1.49. The Labute approximate surface area is 176 Å². The molecule has 1 aliphatic heterocycles. The van der Waals surface area contributed by atoms with E-state index in [0.29, 0.717) is 18.4 Å². The summed E-state index contributed by atoms with van der Waals surface area (Å²) >= 11 is 0. The lowest BCUT2D eigenvalue weighted by molar-refractivity contribution is 0.0233. The van der Waals surface area contributed by atoms with Gasteiger partial charge in [0.15, 0.2) is 0 Å². The van der Waals surface area contributed by atoms with Crippen molar-refractivity contribution in [2.24, 2.45) is 17.8 Å². The first kappa shape index (κ1) is 23.0. The van der Waals surface area contributed by atoms with E-state index in [9.17, 15) is 10.2 Å². The van der Waals surface area contributed by atoms with Crippen LogP contribution in [0.15, 0.2) is 23.8 Å². The molecule has 3 aliphatic rings. The molecule has 0 spiro atoms. The number of hydrogen-bond acceptors (Lipinski definition) is 5. The number of nitrogens with zero attached hydrogens (tertiary/aromatic N) is 1. The molecule has 5 nitrogen and oxygen atoms in total. The standard InChI is InChI=1S/C24H41NO4/c1-2-3-4-5-21(26)6-7-22-23-17-19(16-20(23)18-24(22)27)8-12-28-13-9-25-10-14-29-15-11-25/h6-8,20-24,26-27H,2-5,9-18H2,1H3/b7-6+,19-8+/t20-,21-,22+,23-,24+/m0/s1. The largest absolute Gasteiger partial charge is 0.392 e. The third-order valence-electron chi connectivity index (χ3n) is 6.92. The van der Waals surface area contributed by atoms with E-state index in [-0.39, 0.29) is 18.1 Å². The zero-order valence-electron chi connectivity index (χ0n) is 18.2. The molecule has 5 atom stereocenters. The van der Waals surface area contributed by atoms with Crippen LogP contribution in [0.2, 0.25) is 0 Å². The van der Waals surface area contributed by atoms with Gasteiger partial charge in [-0.05, 0) is 37.5 Å². The molecular formula is C24H41NO4. The van der Waals surface area contributed by atoms with E-state index in [1.54, 1.807) is 0 Å². The van der Waals surface area contributed by atoms with E-state index >= 15 is 0 Å². The van der Waals surface area contributed by atoms with E-state index < -0.39 is 0 Å². The predicted octanol–water partition coefficient (Wildman–Crippen LogP) is 3.17. The fourth-order valence-corrected chi connectivity index (χ4v) is 5.17. The minimum absolute atomic E-state index is 0.189. The summed E-state index contributed by atoms with van der Waals surface area (Å²) in [6, 6.07) is 0. The maximum absolute atomic E-state index is 10.5. The zero-order valence-corrected chi connectivity index (χ0v) is 18.2. The van der Waals surface area contributed by atoms with Crippen LogP contribution >= 0.6 is 0 Å². The molecule has 2 aliphatic carbocycles. The van der Waals surface area contributed by atoms with E-state index in [0.717, 1.165) is 71.6 Å². The van der Waals surface area contributed by atoms with Crippen molar-refractivity contribution in [3.8, 4) is 0 Å². The Bertz CT molecular complexity index is 529. The molecule has 1 heterocycles. The summed E-state index contributed by atoms with van der Waals surface area (Å²) in [6.45, 7) is 8.33. The highest BCUT2D eigenvalue weighted by atomic mass is 16.5. The first-order chi connectivity index (χ1) is 14.2. The van der Waals surface area contributed by atoms with Crippen molar-refractivity contribution in [1.29, 1.82) is 0 Å². The van der Waals surface area contributed by atoms with Crippen molar-refractivity contribution in [2.45, 2.75) is 64.1 Å². The number of aliphatic hydroxyl groups excluding tert-OH is 2. The molecule has 1 saturated heterocycles. The zero-order chi connectivity index (χ0) is 20.5. The molecule has 0 unspecified atom stereocenters. The molecule has 0 amide bonds. The highest BCUT2D eigenvalue weighted by Gasteiger charge is 2.44. The van der Waals surface area contributed by atoms with E-state index in [1.807, 2.05) is 6.08 Å². The van der Waals surface area contributed by atoms with Crippen molar-refractivity contribution < 1.29 is 19.7 Å². The first-order valence-electron chi connectivity index (χ1n) is 11.8. The van der Waals surface area contributed by atoms with Crippen molar-refractivity contribution in [1.82, 2.24) is 4.90 Å². The lowest BCUT2D eigenvalue weighted by Crippen LogP contribution is -2.38. The molecule has 0 radical (unpaired) electrons. The van der Waals surface area contributed by atoms with Gasteiger partial charge in [-0.2, -0.15) is 0 Å². The lowest BCUT2D eigenvalue weighted by Gasteiger charge is -2.26. The number of allylic oxidation sites excluding steroid dienone is 1. The lowest BCUT2D eigenvalue weighted by atomic mass is 9.90. The highest BCUT2D eigenvalue weighted by molar-refractivity contribution is 5.18. The first-order valence-corrected chi connectivity index (χ1v) is 11.8. The van der Waals surface area contributed by atoms with E-state index in [1.165, 1.54) is 18.4 Å². The fraction of sp³-hybridized carbons (Fsp3) is 0.833. The van der Waals surface area contributed by atoms with Crippen LogP contribution in [0.25, 0.3) is 0 Å². The molecule has 2 saturated carbocycles. The molecule has 2 N–H and O–H groups in total. The Morgan fingerprint density at radius 1 is 1.24 bits per heavy atom. The summed E-state index contributed by atoms with van der Waals surface area (Å²) in [4.78, 5) is 2.39. The van der Waals surface area contributed by atoms with Crippen LogP contribution in [-0.2, 0) is 9.47 Å². The second-order valence-electron chi connectivity index (χ2n) is 9.05. The summed E-state index contributed by atoms with van der Waals surface area (Å²) < 4.78 is 11.2. The molecule has 3 rings (SSSR count). The fourth-order valence-electron chi connectivity index (χ4n) is 5.17. The maximum Gasteiger partial charge on any atom is 0.0721 e. The normalized spacial score (nSPS) is 33.0. The number of ether oxygens (including phenoxy) is 2. The smallest absolute Gasteiger partial charge is 0.0721 e. The predicted molar refractivity (Wildman–Crippen MR) is 116 cm³/mol. The van der Waals surface area contributed by atoms with Crippen LogP contribution in [0.5, 0.6) is 0 Å². The molecule has 0 aromatic carbocycles. The average Bonchev–Trinajstić information content (AvgIpc) is 3.23. The minimum atomic E-state index is -0.371. The van der Waals surface area contributed by atoms with Crippen molar-refractivity contribution in [3.05, 3.63) is 23.8 Å². The Balaban J connectivity index is 1.38. The SMILES string of the molecule is CCCCC[C@H](O)/C=C/[C@@H]1[C@H]2C/C(=C/COCCN3CCOCC3)C[C@H]2C[C@H]1O. The molecule has 166 valence electrons. The van der Waals surface area contributed by atoms with Gasteiger partial charge in [0.2, 0.25) is 0 Å². The molecular weight excluding hydrogens is 366 g/mol. The Morgan fingerprint density at radius 2 is 2.07 bits per heavy atom. The Kier molecular flexibility index (Phi) is 9.67. The van der Waals surface area contributed by atoms with Gasteiger partial charge < -0.3 is 19.7 Å². The van der Waals surface area contributed by atoms with Gasteiger partial charge in [0, 0.05) is 25.6 Å². The number of unbranched alkanes of at least 4 members (excludes halogenated alkanes) is 2. The third kappa shape index (κ3) is 7.18. The summed E-state index contributed by atoms with van der Waals surface area (Å²) in [6.07, 6.45) is 13.0. The van der Waals surface area contributed by atoms with Gasteiger partial charge in [0.1, 0.15) is 0 Å². The number of aliphatic hydroxyl groups is 2. The van der Waals surface area contributed by atoms with Gasteiger partial charge in [-0.15, -0.1) is 0 Å². The number of rotatable bonds is 11. The van der Waals surface area contributed by atoms with Crippen molar-refractivity contribution >= 4 is 0 Å². The average molecular weight is 408 g/mol. The monoisotopic (exact) mass is 407 g/mol. The van der Waals surface area contributed by atoms with Gasteiger partial charge in [0.05, 0.1) is 38.6 Å². The van der Waals surface area contributed by atoms with Gasteiger partial charge >= 0.3 is 0 Å². The molecule has 29 heavy (non-hydrogen) atoms. The molecule has 5 heteroatoms. The van der Waals surface area contributed by atoms with Gasteiger partial charge in [-0.1, -0.05) is 50.0 Å². The Morgan fingerprint density at radius 3 is 2.86 bits per heavy atom. The van der Waals surface area contributed by atoms with Crippen LogP contribution < -0.4 is 0 Å². The van der Waals surface area contributed by atoms with Crippen LogP contribution in [0, 0.1) is 17.8 Å². The summed E-state index contributed by atoms with van der Waals surface area (Å²) in [7, 11) is 0. The third-order valence-corrected chi connectivity index (χ3v) is 6.92. The van der Waals surface area contributed by atoms with Crippen LogP contribution in [0.3, 0.4) is 0 Å². The molecule has 3 fully saturated rings. The van der Waals surface area contributed by atoms with Gasteiger partial charge in [-0.3, -0.25) is 4.90 Å². The summed E-state index contributed by atoms with van der Waals surface area (Å²) in [5, 5.41) is 20.7. The topological polar surface area (TPSA) is 62.2 Å². The number of hydrogen-bond donors (Lipinski definition) is 2. The van der Waals surface area contributed by atoms with E-state index in [4.69, 9.17) is 9.47 Å². The molecule has 0 bridgehead atoms. The Hall–Kier alpha value is -0.720.